The molecule has 1 heterocycles. The number of pyridine rings is 1. The van der Waals surface area contributed by atoms with Gasteiger partial charge in [-0.25, -0.2) is 0 Å². The van der Waals surface area contributed by atoms with E-state index in [0.717, 1.165) is 5.69 Å². The van der Waals surface area contributed by atoms with Gasteiger partial charge >= 0.3 is 0 Å². The average molecular weight is 164 g/mol. The van der Waals surface area contributed by atoms with Gasteiger partial charge in [-0.15, -0.1) is 0 Å². The molecule has 0 unspecified atom stereocenters. The molecule has 0 fully saturated rings. The summed E-state index contributed by atoms with van der Waals surface area (Å²) in [5, 5.41) is 0. The van der Waals surface area contributed by atoms with Crippen molar-refractivity contribution in [2.45, 2.75) is 19.8 Å². The van der Waals surface area contributed by atoms with Crippen molar-refractivity contribution in [3.05, 3.63) is 24.0 Å². The average Bonchev–Trinajstić information content (AvgIpc) is 2.04. The number of hydrogen-bond donors (Lipinski definition) is 0. The maximum atomic E-state index is 4.29. The van der Waals surface area contributed by atoms with E-state index >= 15 is 0 Å². The highest BCUT2D eigenvalue weighted by Crippen LogP contribution is 2.17. The van der Waals surface area contributed by atoms with Gasteiger partial charge in [0.25, 0.3) is 0 Å². The lowest BCUT2D eigenvalue weighted by Gasteiger charge is -2.13. The maximum absolute atomic E-state index is 4.29. The molecule has 0 spiro atoms. The molecule has 0 N–H and O–H groups in total. The first kappa shape index (κ1) is 9.04. The van der Waals surface area contributed by atoms with Crippen LogP contribution in [0.5, 0.6) is 0 Å². The molecule has 0 bridgehead atoms. The molecule has 0 amide bonds. The summed E-state index contributed by atoms with van der Waals surface area (Å²) in [6, 6.07) is 4.15. The highest BCUT2D eigenvalue weighted by Gasteiger charge is 2.01. The second-order valence-electron chi connectivity index (χ2n) is 3.49. The molecule has 1 aromatic heterocycles. The molecule has 0 aromatic carbocycles. The molecule has 2 nitrogen and oxygen atoms in total. The second-order valence-corrected chi connectivity index (χ2v) is 3.49. The van der Waals surface area contributed by atoms with Crippen LogP contribution >= 0.6 is 0 Å². The van der Waals surface area contributed by atoms with Crippen LogP contribution in [0.1, 0.15) is 25.5 Å². The van der Waals surface area contributed by atoms with E-state index in [0.29, 0.717) is 5.92 Å². The minimum absolute atomic E-state index is 0.505. The normalized spacial score (nSPS) is 10.4. The summed E-state index contributed by atoms with van der Waals surface area (Å²) in [6.07, 6.45) is 1.87. The van der Waals surface area contributed by atoms with Crippen molar-refractivity contribution >= 4 is 5.69 Å². The van der Waals surface area contributed by atoms with Gasteiger partial charge in [-0.1, -0.05) is 13.8 Å². The van der Waals surface area contributed by atoms with Crippen LogP contribution in [0, 0.1) is 0 Å². The van der Waals surface area contributed by atoms with Crippen LogP contribution in [-0.2, 0) is 0 Å². The number of anilines is 1. The third kappa shape index (κ3) is 1.97. The number of hydrogen-bond acceptors (Lipinski definition) is 2. The first-order valence-electron chi connectivity index (χ1n) is 4.24. The molecule has 0 saturated heterocycles. The van der Waals surface area contributed by atoms with E-state index in [9.17, 15) is 0 Å². The Hall–Kier alpha value is -1.05. The van der Waals surface area contributed by atoms with Crippen molar-refractivity contribution < 1.29 is 0 Å². The molecule has 0 saturated carbocycles. The Labute approximate surface area is 74.2 Å². The molecular formula is C10H16N2. The van der Waals surface area contributed by atoms with Crippen LogP contribution in [0.15, 0.2) is 18.3 Å². The molecule has 1 aromatic rings. The zero-order chi connectivity index (χ0) is 9.14. The predicted molar refractivity (Wildman–Crippen MR) is 52.7 cm³/mol. The monoisotopic (exact) mass is 164 g/mol. The Kier molecular flexibility index (Phi) is 2.69. The molecule has 0 atom stereocenters. The fraction of sp³-hybridized carbons (Fsp3) is 0.500. The van der Waals surface area contributed by atoms with E-state index in [1.54, 1.807) is 0 Å². The van der Waals surface area contributed by atoms with E-state index < -0.39 is 0 Å². The Bertz CT molecular complexity index is 231. The molecule has 0 radical (unpaired) electrons. The van der Waals surface area contributed by atoms with Gasteiger partial charge < -0.3 is 4.90 Å². The van der Waals surface area contributed by atoms with Crippen molar-refractivity contribution in [1.29, 1.82) is 0 Å². The fourth-order valence-electron chi connectivity index (χ4n) is 1.03. The Morgan fingerprint density at radius 1 is 1.33 bits per heavy atom. The van der Waals surface area contributed by atoms with E-state index in [2.05, 4.69) is 29.8 Å². The van der Waals surface area contributed by atoms with Crippen molar-refractivity contribution in [3.63, 3.8) is 0 Å². The highest BCUT2D eigenvalue weighted by atomic mass is 15.1. The molecule has 1 rings (SSSR count). The highest BCUT2D eigenvalue weighted by molar-refractivity contribution is 5.45. The van der Waals surface area contributed by atoms with Crippen LogP contribution in [0.25, 0.3) is 0 Å². The second kappa shape index (κ2) is 3.57. The van der Waals surface area contributed by atoms with Crippen LogP contribution < -0.4 is 4.90 Å². The predicted octanol–water partition coefficient (Wildman–Crippen LogP) is 2.27. The van der Waals surface area contributed by atoms with Gasteiger partial charge in [0.2, 0.25) is 0 Å². The zero-order valence-electron chi connectivity index (χ0n) is 8.20. The fourth-order valence-corrected chi connectivity index (χ4v) is 1.03. The molecule has 66 valence electrons. The lowest BCUT2D eigenvalue weighted by atomic mass is 10.1. The summed E-state index contributed by atoms with van der Waals surface area (Å²) >= 11 is 0. The van der Waals surface area contributed by atoms with Crippen molar-refractivity contribution in [3.8, 4) is 0 Å². The van der Waals surface area contributed by atoms with Gasteiger partial charge in [0.05, 0.1) is 0 Å². The maximum Gasteiger partial charge on any atom is 0.0449 e. The molecule has 12 heavy (non-hydrogen) atoms. The standard InChI is InChI=1S/C10H16N2/c1-8(2)10-7-9(12(3)4)5-6-11-10/h5-8H,1-4H3. The summed E-state index contributed by atoms with van der Waals surface area (Å²) in [5.41, 5.74) is 2.37. The van der Waals surface area contributed by atoms with E-state index in [4.69, 9.17) is 0 Å². The van der Waals surface area contributed by atoms with Gasteiger partial charge in [-0.3, -0.25) is 4.98 Å². The lowest BCUT2D eigenvalue weighted by Crippen LogP contribution is -2.09. The summed E-state index contributed by atoms with van der Waals surface area (Å²) < 4.78 is 0. The minimum atomic E-state index is 0.505. The van der Waals surface area contributed by atoms with Gasteiger partial charge in [0.15, 0.2) is 0 Å². The van der Waals surface area contributed by atoms with Gasteiger partial charge in [0, 0.05) is 31.7 Å². The van der Waals surface area contributed by atoms with E-state index in [1.807, 2.05) is 26.4 Å². The van der Waals surface area contributed by atoms with Gasteiger partial charge in [-0.2, -0.15) is 0 Å². The molecular weight excluding hydrogens is 148 g/mol. The number of rotatable bonds is 2. The van der Waals surface area contributed by atoms with Crippen LogP contribution in [-0.4, -0.2) is 19.1 Å². The van der Waals surface area contributed by atoms with Crippen LogP contribution in [0.3, 0.4) is 0 Å². The van der Waals surface area contributed by atoms with Crippen LogP contribution in [0.4, 0.5) is 5.69 Å². The first-order valence-corrected chi connectivity index (χ1v) is 4.24. The topological polar surface area (TPSA) is 16.1 Å². The minimum Gasteiger partial charge on any atom is -0.378 e. The zero-order valence-corrected chi connectivity index (χ0v) is 8.20. The Balaban J connectivity index is 2.96. The molecule has 2 heteroatoms. The largest absolute Gasteiger partial charge is 0.378 e. The first-order chi connectivity index (χ1) is 5.61. The summed E-state index contributed by atoms with van der Waals surface area (Å²) in [5.74, 6) is 0.505. The Morgan fingerprint density at radius 3 is 2.50 bits per heavy atom. The van der Waals surface area contributed by atoms with Crippen molar-refractivity contribution in [2.24, 2.45) is 0 Å². The number of nitrogens with zero attached hydrogens (tertiary/aromatic N) is 2. The molecule has 0 aliphatic carbocycles. The third-order valence-electron chi connectivity index (χ3n) is 1.87. The SMILES string of the molecule is CC(C)c1cc(N(C)C)ccn1. The smallest absolute Gasteiger partial charge is 0.0449 e. The van der Waals surface area contributed by atoms with Gasteiger partial charge in [0.1, 0.15) is 0 Å². The summed E-state index contributed by atoms with van der Waals surface area (Å²) in [4.78, 5) is 6.39. The number of aromatic nitrogens is 1. The third-order valence-corrected chi connectivity index (χ3v) is 1.87. The van der Waals surface area contributed by atoms with E-state index in [-0.39, 0.29) is 0 Å². The molecule has 0 aliphatic rings. The van der Waals surface area contributed by atoms with Gasteiger partial charge in [-0.05, 0) is 18.1 Å². The van der Waals surface area contributed by atoms with Crippen molar-refractivity contribution in [1.82, 2.24) is 4.98 Å². The summed E-state index contributed by atoms with van der Waals surface area (Å²) in [7, 11) is 4.08. The quantitative estimate of drug-likeness (QED) is 0.666. The van der Waals surface area contributed by atoms with Crippen molar-refractivity contribution in [2.75, 3.05) is 19.0 Å². The van der Waals surface area contributed by atoms with E-state index in [1.165, 1.54) is 5.69 Å². The Morgan fingerprint density at radius 2 is 2.00 bits per heavy atom. The molecule has 0 aliphatic heterocycles. The summed E-state index contributed by atoms with van der Waals surface area (Å²) in [6.45, 7) is 4.31. The lowest BCUT2D eigenvalue weighted by molar-refractivity contribution is 0.821. The van der Waals surface area contributed by atoms with Crippen LogP contribution in [0.2, 0.25) is 0 Å².